The predicted octanol–water partition coefficient (Wildman–Crippen LogP) is 4.63. The lowest BCUT2D eigenvalue weighted by Crippen LogP contribution is -2.35. The van der Waals surface area contributed by atoms with Gasteiger partial charge in [0.05, 0.1) is 31.3 Å². The van der Waals surface area contributed by atoms with E-state index in [-0.39, 0.29) is 17.6 Å². The molecule has 4 rings (SSSR count). The van der Waals surface area contributed by atoms with Crippen LogP contribution in [0, 0.1) is 0 Å². The molecule has 38 heavy (non-hydrogen) atoms. The van der Waals surface area contributed by atoms with Crippen LogP contribution in [0.4, 0.5) is 17.1 Å². The number of thioether (sulfide) groups is 2. The molecule has 0 bridgehead atoms. The molecule has 3 aromatic rings. The Balaban J connectivity index is 1.38. The van der Waals surface area contributed by atoms with Crippen molar-refractivity contribution in [1.82, 2.24) is 4.90 Å². The Morgan fingerprint density at radius 1 is 0.947 bits per heavy atom. The van der Waals surface area contributed by atoms with Gasteiger partial charge in [-0.05, 0) is 60.7 Å². The fourth-order valence-electron chi connectivity index (χ4n) is 3.45. The predicted molar refractivity (Wildman–Crippen MR) is 152 cm³/mol. The van der Waals surface area contributed by atoms with E-state index in [9.17, 15) is 14.4 Å². The number of nitrogens with zero attached hydrogens (tertiary/aromatic N) is 2. The van der Waals surface area contributed by atoms with Crippen molar-refractivity contribution in [1.29, 1.82) is 0 Å². The van der Waals surface area contributed by atoms with Crippen molar-refractivity contribution in [3.05, 3.63) is 72.8 Å². The molecule has 1 heterocycles. The number of benzene rings is 3. The van der Waals surface area contributed by atoms with Crippen molar-refractivity contribution in [2.45, 2.75) is 10.1 Å². The molecule has 11 heteroatoms. The van der Waals surface area contributed by atoms with E-state index in [2.05, 4.69) is 15.6 Å². The maximum absolute atomic E-state index is 13.1. The number of hydrogen-bond acceptors (Lipinski definition) is 8. The van der Waals surface area contributed by atoms with Gasteiger partial charge in [0.15, 0.2) is 10.4 Å². The second kappa shape index (κ2) is 12.5. The maximum atomic E-state index is 13.1. The van der Waals surface area contributed by atoms with Gasteiger partial charge in [0.2, 0.25) is 11.8 Å². The van der Waals surface area contributed by atoms with Gasteiger partial charge in [-0.2, -0.15) is 0 Å². The summed E-state index contributed by atoms with van der Waals surface area (Å²) in [5.41, 5.74) is 1.83. The molecule has 0 aliphatic carbocycles. The van der Waals surface area contributed by atoms with Crippen LogP contribution in [0.5, 0.6) is 11.5 Å². The molecule has 0 unspecified atom stereocenters. The first kappa shape index (κ1) is 27.1. The average molecular weight is 551 g/mol. The van der Waals surface area contributed by atoms with Gasteiger partial charge < -0.3 is 20.1 Å². The number of anilines is 2. The summed E-state index contributed by atoms with van der Waals surface area (Å²) >= 11 is 2.38. The smallest absolute Gasteiger partial charge is 0.251 e. The minimum Gasteiger partial charge on any atom is -0.497 e. The lowest BCUT2D eigenvalue weighted by molar-refractivity contribution is -0.129. The van der Waals surface area contributed by atoms with Crippen molar-refractivity contribution >= 4 is 63.5 Å². The third-order valence-corrected chi connectivity index (χ3v) is 7.78. The van der Waals surface area contributed by atoms with Crippen molar-refractivity contribution in [3.63, 3.8) is 0 Å². The van der Waals surface area contributed by atoms with Crippen molar-refractivity contribution in [3.8, 4) is 11.5 Å². The van der Waals surface area contributed by atoms with E-state index in [0.29, 0.717) is 38.6 Å². The van der Waals surface area contributed by atoms with Gasteiger partial charge >= 0.3 is 0 Å². The monoisotopic (exact) mass is 550 g/mol. The first-order chi connectivity index (χ1) is 18.4. The number of nitrogens with one attached hydrogen (secondary N) is 2. The number of rotatable bonds is 9. The standard InChI is InChI=1S/C27H26N4O5S2/c1-31-26(34)24(38-27(31)29-18-10-14-20(36-3)15-11-18)25(33)30-21-6-4-5-7-22(21)37-16-23(32)28-17-8-12-19(35-2)13-9-17/h4-15,24H,16H2,1-3H3,(H,28,32)(H,30,33)/t24-/m1/s1. The molecule has 3 aromatic carbocycles. The number of hydrogen-bond donors (Lipinski definition) is 2. The Bertz CT molecular complexity index is 1350. The molecule has 1 fully saturated rings. The van der Waals surface area contributed by atoms with Crippen molar-refractivity contribution in [2.75, 3.05) is 37.7 Å². The van der Waals surface area contributed by atoms with Gasteiger partial charge in [0.1, 0.15) is 11.5 Å². The Morgan fingerprint density at radius 2 is 1.58 bits per heavy atom. The lowest BCUT2D eigenvalue weighted by atomic mass is 10.3. The zero-order valence-electron chi connectivity index (χ0n) is 21.0. The molecule has 2 N–H and O–H groups in total. The van der Waals surface area contributed by atoms with Gasteiger partial charge in [-0.15, -0.1) is 11.8 Å². The first-order valence-corrected chi connectivity index (χ1v) is 13.4. The normalized spacial score (nSPS) is 15.9. The molecular formula is C27H26N4O5S2. The fraction of sp³-hybridized carbons (Fsp3) is 0.185. The van der Waals surface area contributed by atoms with Crippen LogP contribution in [0.2, 0.25) is 0 Å². The van der Waals surface area contributed by atoms with Crippen LogP contribution in [0.3, 0.4) is 0 Å². The highest BCUT2D eigenvalue weighted by molar-refractivity contribution is 8.16. The van der Waals surface area contributed by atoms with Gasteiger partial charge in [-0.25, -0.2) is 4.99 Å². The average Bonchev–Trinajstić information content (AvgIpc) is 3.22. The van der Waals surface area contributed by atoms with Crippen LogP contribution in [0.25, 0.3) is 0 Å². The molecule has 0 saturated carbocycles. The zero-order valence-corrected chi connectivity index (χ0v) is 22.6. The SMILES string of the molecule is COc1ccc(N=C2S[C@H](C(=O)Nc3ccccc3SCC(=O)Nc3ccc(OC)cc3)C(=O)N2C)cc1. The lowest BCUT2D eigenvalue weighted by Gasteiger charge is -2.13. The molecule has 196 valence electrons. The zero-order chi connectivity index (χ0) is 27.1. The van der Waals surface area contributed by atoms with Crippen LogP contribution in [-0.2, 0) is 14.4 Å². The van der Waals surface area contributed by atoms with Gasteiger partial charge in [-0.1, -0.05) is 23.9 Å². The highest BCUT2D eigenvalue weighted by Gasteiger charge is 2.40. The van der Waals surface area contributed by atoms with E-state index >= 15 is 0 Å². The number of para-hydroxylation sites is 1. The number of amides is 3. The topological polar surface area (TPSA) is 109 Å². The highest BCUT2D eigenvalue weighted by Crippen LogP contribution is 2.32. The van der Waals surface area contributed by atoms with Crippen LogP contribution in [0.1, 0.15) is 0 Å². The molecule has 0 aromatic heterocycles. The quantitative estimate of drug-likeness (QED) is 0.295. The third kappa shape index (κ3) is 6.67. The first-order valence-electron chi connectivity index (χ1n) is 11.5. The Morgan fingerprint density at radius 3 is 2.24 bits per heavy atom. The number of aliphatic imine (C=N–C) groups is 1. The summed E-state index contributed by atoms with van der Waals surface area (Å²) in [4.78, 5) is 45.0. The van der Waals surface area contributed by atoms with E-state index in [4.69, 9.17) is 9.47 Å². The Kier molecular flexibility index (Phi) is 8.93. The summed E-state index contributed by atoms with van der Waals surface area (Å²) in [7, 11) is 4.75. The number of ether oxygens (including phenoxy) is 2. The minimum absolute atomic E-state index is 0.136. The molecule has 9 nitrogen and oxygen atoms in total. The van der Waals surface area contributed by atoms with E-state index in [1.807, 2.05) is 12.1 Å². The van der Waals surface area contributed by atoms with Gasteiger partial charge in [-0.3, -0.25) is 19.3 Å². The number of methoxy groups -OCH3 is 2. The van der Waals surface area contributed by atoms with E-state index in [1.165, 1.54) is 16.7 Å². The molecule has 1 aliphatic heterocycles. The van der Waals surface area contributed by atoms with Gasteiger partial charge in [0, 0.05) is 17.6 Å². The molecule has 3 amide bonds. The Hall–Kier alpha value is -3.96. The Labute approximate surface area is 229 Å². The van der Waals surface area contributed by atoms with Crippen LogP contribution >= 0.6 is 23.5 Å². The number of carbonyl (C=O) groups is 3. The minimum atomic E-state index is -0.978. The fourth-order valence-corrected chi connectivity index (χ4v) is 5.30. The summed E-state index contributed by atoms with van der Waals surface area (Å²) in [6.45, 7) is 0. The summed E-state index contributed by atoms with van der Waals surface area (Å²) in [6, 6.07) is 21.3. The molecule has 1 aliphatic rings. The van der Waals surface area contributed by atoms with Crippen LogP contribution in [-0.4, -0.2) is 60.1 Å². The number of amidine groups is 1. The number of carbonyl (C=O) groups excluding carboxylic acids is 3. The van der Waals surface area contributed by atoms with E-state index in [0.717, 1.165) is 11.8 Å². The molecule has 0 radical (unpaired) electrons. The summed E-state index contributed by atoms with van der Waals surface area (Å²) < 4.78 is 10.3. The second-order valence-electron chi connectivity index (χ2n) is 8.04. The third-order valence-electron chi connectivity index (χ3n) is 5.48. The van der Waals surface area contributed by atoms with E-state index < -0.39 is 11.2 Å². The molecular weight excluding hydrogens is 524 g/mol. The molecule has 1 saturated heterocycles. The maximum Gasteiger partial charge on any atom is 0.251 e. The van der Waals surface area contributed by atoms with Crippen molar-refractivity contribution < 1.29 is 23.9 Å². The highest BCUT2D eigenvalue weighted by atomic mass is 32.2. The van der Waals surface area contributed by atoms with E-state index in [1.54, 1.807) is 81.9 Å². The van der Waals surface area contributed by atoms with Crippen LogP contribution < -0.4 is 20.1 Å². The summed E-state index contributed by atoms with van der Waals surface area (Å²) in [6.07, 6.45) is 0. The second-order valence-corrected chi connectivity index (χ2v) is 10.1. The largest absolute Gasteiger partial charge is 0.497 e. The van der Waals surface area contributed by atoms with Crippen LogP contribution in [0.15, 0.2) is 82.7 Å². The summed E-state index contributed by atoms with van der Waals surface area (Å²) in [5, 5.41) is 5.13. The molecule has 0 spiro atoms. The summed E-state index contributed by atoms with van der Waals surface area (Å²) in [5.74, 6) is 0.531. The molecule has 1 atom stereocenters. The van der Waals surface area contributed by atoms with Gasteiger partial charge in [0.25, 0.3) is 5.91 Å². The van der Waals surface area contributed by atoms with Crippen molar-refractivity contribution in [2.24, 2.45) is 4.99 Å².